The molecule has 170 valence electrons. The maximum absolute atomic E-state index is 12.4. The molecule has 0 aliphatic carbocycles. The molecule has 1 N–H and O–H groups in total. The number of amides is 1. The Kier molecular flexibility index (Phi) is 11.6. The van der Waals surface area contributed by atoms with E-state index in [0.29, 0.717) is 18.8 Å². The lowest BCUT2D eigenvalue weighted by molar-refractivity contribution is 0.0657. The van der Waals surface area contributed by atoms with E-state index in [-0.39, 0.29) is 29.9 Å². The number of aliphatic imine (C=N–C) groups is 1. The molecule has 2 fully saturated rings. The second kappa shape index (κ2) is 13.9. The molecule has 2 saturated heterocycles. The molecule has 0 bridgehead atoms. The van der Waals surface area contributed by atoms with E-state index in [1.54, 1.807) is 18.4 Å². The summed E-state index contributed by atoms with van der Waals surface area (Å²) in [4.78, 5) is 24.0. The maximum Gasteiger partial charge on any atom is 0.289 e. The van der Waals surface area contributed by atoms with Crippen molar-refractivity contribution < 1.29 is 9.21 Å². The average molecular weight is 531 g/mol. The predicted molar refractivity (Wildman–Crippen MR) is 132 cm³/mol. The molecule has 0 unspecified atom stereocenters. The number of carbonyl (C=O) groups excluding carboxylic acids is 1. The molecule has 3 rings (SSSR count). The van der Waals surface area contributed by atoms with Gasteiger partial charge in [-0.2, -0.15) is 0 Å². The molecule has 0 aromatic carbocycles. The highest BCUT2D eigenvalue weighted by Gasteiger charge is 2.25. The average Bonchev–Trinajstić information content (AvgIpc) is 3.31. The normalized spacial score (nSPS) is 18.2. The lowest BCUT2D eigenvalue weighted by atomic mass is 10.1. The number of rotatable bonds is 8. The molecule has 7 nitrogen and oxygen atoms in total. The molecule has 0 saturated carbocycles. The maximum atomic E-state index is 12.4. The fraction of sp³-hybridized carbons (Fsp3) is 0.727. The third kappa shape index (κ3) is 7.76. The summed E-state index contributed by atoms with van der Waals surface area (Å²) in [6.45, 7) is 10.6. The third-order valence-electron chi connectivity index (χ3n) is 5.78. The van der Waals surface area contributed by atoms with Crippen molar-refractivity contribution in [1.29, 1.82) is 0 Å². The summed E-state index contributed by atoms with van der Waals surface area (Å²) in [5.74, 6) is 1.38. The van der Waals surface area contributed by atoms with Gasteiger partial charge >= 0.3 is 0 Å². The summed E-state index contributed by atoms with van der Waals surface area (Å²) in [5.41, 5.74) is 0. The van der Waals surface area contributed by atoms with Crippen LogP contribution in [0.1, 0.15) is 56.0 Å². The van der Waals surface area contributed by atoms with Crippen molar-refractivity contribution in [2.24, 2.45) is 4.99 Å². The number of carbonyl (C=O) groups is 1. The van der Waals surface area contributed by atoms with Crippen molar-refractivity contribution in [2.45, 2.75) is 45.4 Å². The van der Waals surface area contributed by atoms with Crippen LogP contribution in [0.2, 0.25) is 0 Å². The fourth-order valence-corrected chi connectivity index (χ4v) is 4.10. The standard InChI is InChI=1S/C22H37N5O2.HI/c1-2-23-22(24-11-5-3-6-12-25-13-7-4-8-14-25)27-17-15-26(16-18-27)21(28)20-10-9-19-29-20;/h9-10,19H,2-8,11-18H2,1H3,(H,23,24);1H. The lowest BCUT2D eigenvalue weighted by Crippen LogP contribution is -2.53. The van der Waals surface area contributed by atoms with Gasteiger partial charge in [0.15, 0.2) is 11.7 Å². The van der Waals surface area contributed by atoms with Crippen molar-refractivity contribution in [3.8, 4) is 0 Å². The Morgan fingerprint density at radius 2 is 1.77 bits per heavy atom. The highest BCUT2D eigenvalue weighted by Crippen LogP contribution is 2.11. The smallest absolute Gasteiger partial charge is 0.289 e. The SMILES string of the molecule is CCNC(=NCCCCCN1CCCCC1)N1CCN(C(=O)c2ccco2)CC1.I. The molecule has 2 aliphatic heterocycles. The highest BCUT2D eigenvalue weighted by atomic mass is 127. The largest absolute Gasteiger partial charge is 0.459 e. The Morgan fingerprint density at radius 3 is 2.43 bits per heavy atom. The Bertz CT molecular complexity index is 623. The number of halogens is 1. The molecule has 0 spiro atoms. The van der Waals surface area contributed by atoms with Gasteiger partial charge in [-0.1, -0.05) is 12.8 Å². The zero-order valence-corrected chi connectivity index (χ0v) is 20.7. The second-order valence-electron chi connectivity index (χ2n) is 7.96. The van der Waals surface area contributed by atoms with Gasteiger partial charge in [0.05, 0.1) is 6.26 Å². The summed E-state index contributed by atoms with van der Waals surface area (Å²) < 4.78 is 5.24. The van der Waals surface area contributed by atoms with E-state index in [9.17, 15) is 4.79 Å². The van der Waals surface area contributed by atoms with Crippen LogP contribution in [0.4, 0.5) is 0 Å². The first kappa shape index (κ1) is 25.0. The third-order valence-corrected chi connectivity index (χ3v) is 5.78. The zero-order chi connectivity index (χ0) is 20.3. The number of hydrogen-bond donors (Lipinski definition) is 1. The number of nitrogens with one attached hydrogen (secondary N) is 1. The molecule has 8 heteroatoms. The van der Waals surface area contributed by atoms with Crippen molar-refractivity contribution in [3.05, 3.63) is 24.2 Å². The highest BCUT2D eigenvalue weighted by molar-refractivity contribution is 14.0. The van der Waals surface area contributed by atoms with E-state index in [1.807, 2.05) is 4.90 Å². The molecule has 2 aliphatic rings. The van der Waals surface area contributed by atoms with Crippen molar-refractivity contribution >= 4 is 35.8 Å². The summed E-state index contributed by atoms with van der Waals surface area (Å²) in [7, 11) is 0. The van der Waals surface area contributed by atoms with Crippen molar-refractivity contribution in [3.63, 3.8) is 0 Å². The van der Waals surface area contributed by atoms with Gasteiger partial charge in [0.1, 0.15) is 0 Å². The van der Waals surface area contributed by atoms with Crippen LogP contribution in [0.15, 0.2) is 27.8 Å². The fourth-order valence-electron chi connectivity index (χ4n) is 4.10. The molecular weight excluding hydrogens is 493 g/mol. The molecule has 3 heterocycles. The van der Waals surface area contributed by atoms with Crippen LogP contribution in [-0.4, -0.2) is 85.5 Å². The van der Waals surface area contributed by atoms with E-state index in [1.165, 1.54) is 51.7 Å². The topological polar surface area (TPSA) is 64.3 Å². The number of piperazine rings is 1. The van der Waals surface area contributed by atoms with Gasteiger partial charge in [-0.15, -0.1) is 24.0 Å². The zero-order valence-electron chi connectivity index (χ0n) is 18.4. The van der Waals surface area contributed by atoms with Crippen LogP contribution < -0.4 is 5.32 Å². The Morgan fingerprint density at radius 1 is 1.03 bits per heavy atom. The van der Waals surface area contributed by atoms with E-state index in [2.05, 4.69) is 22.0 Å². The number of hydrogen-bond acceptors (Lipinski definition) is 4. The molecule has 1 amide bonds. The van der Waals surface area contributed by atoms with E-state index < -0.39 is 0 Å². The van der Waals surface area contributed by atoms with Gasteiger partial charge < -0.3 is 24.4 Å². The van der Waals surface area contributed by atoms with Crippen LogP contribution in [0.3, 0.4) is 0 Å². The molecule has 0 atom stereocenters. The molecule has 30 heavy (non-hydrogen) atoms. The summed E-state index contributed by atoms with van der Waals surface area (Å²) >= 11 is 0. The van der Waals surface area contributed by atoms with E-state index >= 15 is 0 Å². The number of nitrogens with zero attached hydrogens (tertiary/aromatic N) is 4. The molecule has 1 aromatic rings. The Hall–Kier alpha value is -1.29. The van der Waals surface area contributed by atoms with Gasteiger partial charge in [-0.25, -0.2) is 0 Å². The first-order chi connectivity index (χ1) is 14.3. The van der Waals surface area contributed by atoms with Gasteiger partial charge in [0.25, 0.3) is 5.91 Å². The van der Waals surface area contributed by atoms with Crippen LogP contribution in [0.5, 0.6) is 0 Å². The Balaban J connectivity index is 0.00000320. The predicted octanol–water partition coefficient (Wildman–Crippen LogP) is 3.28. The summed E-state index contributed by atoms with van der Waals surface area (Å²) in [6.07, 6.45) is 9.35. The van der Waals surface area contributed by atoms with E-state index in [4.69, 9.17) is 9.41 Å². The molecular formula is C22H38IN5O2. The quantitative estimate of drug-likeness (QED) is 0.242. The van der Waals surface area contributed by atoms with Gasteiger partial charge in [0.2, 0.25) is 0 Å². The minimum atomic E-state index is -0.0229. The Labute approximate surface area is 198 Å². The minimum absolute atomic E-state index is 0. The van der Waals surface area contributed by atoms with Crippen molar-refractivity contribution in [2.75, 3.05) is 58.9 Å². The lowest BCUT2D eigenvalue weighted by Gasteiger charge is -2.36. The number of piperidine rings is 1. The molecule has 1 aromatic heterocycles. The number of unbranched alkanes of at least 4 members (excludes halogenated alkanes) is 2. The van der Waals surface area contributed by atoms with Crippen LogP contribution in [0, 0.1) is 0 Å². The monoisotopic (exact) mass is 531 g/mol. The van der Waals surface area contributed by atoms with Crippen LogP contribution in [-0.2, 0) is 0 Å². The first-order valence-electron chi connectivity index (χ1n) is 11.4. The van der Waals surface area contributed by atoms with Gasteiger partial charge in [-0.05, 0) is 64.4 Å². The first-order valence-corrected chi connectivity index (χ1v) is 11.4. The number of guanidine groups is 1. The second-order valence-corrected chi connectivity index (χ2v) is 7.96. The summed E-state index contributed by atoms with van der Waals surface area (Å²) in [5, 5.41) is 3.41. The number of furan rings is 1. The van der Waals surface area contributed by atoms with E-state index in [0.717, 1.165) is 38.6 Å². The van der Waals surface area contributed by atoms with Crippen LogP contribution >= 0.6 is 24.0 Å². The molecule has 0 radical (unpaired) electrons. The minimum Gasteiger partial charge on any atom is -0.459 e. The summed E-state index contributed by atoms with van der Waals surface area (Å²) in [6, 6.07) is 3.48. The van der Waals surface area contributed by atoms with Crippen LogP contribution in [0.25, 0.3) is 0 Å². The van der Waals surface area contributed by atoms with Crippen molar-refractivity contribution in [1.82, 2.24) is 20.0 Å². The number of likely N-dealkylation sites (tertiary alicyclic amines) is 1. The van der Waals surface area contributed by atoms with Gasteiger partial charge in [0, 0.05) is 39.3 Å². The van der Waals surface area contributed by atoms with Gasteiger partial charge in [-0.3, -0.25) is 9.79 Å².